The Morgan fingerprint density at radius 2 is 1.97 bits per heavy atom. The molecule has 8 nitrogen and oxygen atoms in total. The molecule has 0 spiro atoms. The molecule has 0 saturated carbocycles. The van der Waals surface area contributed by atoms with Crippen LogP contribution in [0.4, 0.5) is 4.79 Å². The Morgan fingerprint density at radius 3 is 2.61 bits per heavy atom. The van der Waals surface area contributed by atoms with E-state index in [0.29, 0.717) is 44.4 Å². The maximum Gasteiger partial charge on any atom is 0.317 e. The second-order valence-corrected chi connectivity index (χ2v) is 8.89. The summed E-state index contributed by atoms with van der Waals surface area (Å²) in [5.41, 5.74) is 7.52. The van der Waals surface area contributed by atoms with Crippen molar-refractivity contribution < 1.29 is 24.1 Å². The van der Waals surface area contributed by atoms with E-state index < -0.39 is 12.1 Å². The fraction of sp³-hybridized carbons (Fsp3) is 0.708. The lowest BCUT2D eigenvalue weighted by Gasteiger charge is -2.32. The van der Waals surface area contributed by atoms with Crippen LogP contribution in [0.3, 0.4) is 0 Å². The molecule has 2 amide bonds. The molecule has 3 atom stereocenters. The molecule has 33 heavy (non-hydrogen) atoms. The normalized spacial score (nSPS) is 16.6. The van der Waals surface area contributed by atoms with Gasteiger partial charge in [0.1, 0.15) is 0 Å². The van der Waals surface area contributed by atoms with Crippen LogP contribution >= 0.6 is 12.4 Å². The van der Waals surface area contributed by atoms with Gasteiger partial charge in [0.25, 0.3) is 0 Å². The number of amides is 2. The van der Waals surface area contributed by atoms with Crippen LogP contribution in [0.1, 0.15) is 38.7 Å². The summed E-state index contributed by atoms with van der Waals surface area (Å²) in [6, 6.07) is 5.48. The number of nitrogens with zero attached hydrogens (tertiary/aromatic N) is 1. The molecule has 1 aromatic rings. The van der Waals surface area contributed by atoms with Crippen molar-refractivity contribution in [3.05, 3.63) is 23.8 Å². The van der Waals surface area contributed by atoms with Gasteiger partial charge in [-0.3, -0.25) is 0 Å². The van der Waals surface area contributed by atoms with E-state index in [1.165, 1.54) is 0 Å². The average Bonchev–Trinajstić information content (AvgIpc) is 2.77. The smallest absolute Gasteiger partial charge is 0.317 e. The number of methoxy groups -OCH3 is 2. The number of hydrogen-bond acceptors (Lipinski definition) is 6. The van der Waals surface area contributed by atoms with Crippen LogP contribution in [-0.2, 0) is 11.2 Å². The number of aliphatic hydroxyl groups excluding tert-OH is 1. The monoisotopic (exact) mass is 487 g/mol. The summed E-state index contributed by atoms with van der Waals surface area (Å²) >= 11 is 0. The molecule has 0 aliphatic carbocycles. The minimum Gasteiger partial charge on any atom is -0.493 e. The Morgan fingerprint density at radius 1 is 1.21 bits per heavy atom. The summed E-state index contributed by atoms with van der Waals surface area (Å²) in [5, 5.41) is 13.5. The highest BCUT2D eigenvalue weighted by molar-refractivity contribution is 5.85. The standard InChI is InChI=1S/C24H41N3O5.ClH/c1-17(2)19(15-20(25)21(28)16-27-10-5-9-26-24(27)29)13-18-7-8-22(31-4)23(14-18)32-12-6-11-30-3;/h7-8,14,17,19-21,28H,5-6,9-13,15-16,25H2,1-4H3,(H,26,29);1H/t19-,20-,21-;/m0./s1. The molecule has 0 radical (unpaired) electrons. The Bertz CT molecular complexity index is 707. The largest absolute Gasteiger partial charge is 0.493 e. The Balaban J connectivity index is 0.00000544. The van der Waals surface area contributed by atoms with Crippen LogP contribution < -0.4 is 20.5 Å². The van der Waals surface area contributed by atoms with Crippen LogP contribution in [0, 0.1) is 11.8 Å². The maximum absolute atomic E-state index is 12.0. The van der Waals surface area contributed by atoms with Gasteiger partial charge in [0.2, 0.25) is 0 Å². The number of hydrogen-bond donors (Lipinski definition) is 3. The van der Waals surface area contributed by atoms with E-state index in [1.807, 2.05) is 12.1 Å². The van der Waals surface area contributed by atoms with Gasteiger partial charge in [-0.15, -0.1) is 12.4 Å². The molecule has 190 valence electrons. The van der Waals surface area contributed by atoms with Gasteiger partial charge in [-0.2, -0.15) is 0 Å². The lowest BCUT2D eigenvalue weighted by Crippen LogP contribution is -2.52. The molecule has 1 heterocycles. The number of carbonyl (C=O) groups excluding carboxylic acids is 1. The number of urea groups is 1. The van der Waals surface area contributed by atoms with Crippen LogP contribution in [0.25, 0.3) is 0 Å². The number of ether oxygens (including phenoxy) is 3. The van der Waals surface area contributed by atoms with Gasteiger partial charge in [0.05, 0.1) is 19.8 Å². The number of nitrogens with two attached hydrogens (primary N) is 1. The van der Waals surface area contributed by atoms with Gasteiger partial charge in [0, 0.05) is 45.8 Å². The number of β-amino-alcohol motifs (C(OH)–C–C–N with tert-alkyl or cyclic N) is 1. The number of nitrogens with one attached hydrogen (secondary N) is 1. The Labute approximate surface area is 204 Å². The van der Waals surface area contributed by atoms with Gasteiger partial charge in [-0.1, -0.05) is 19.9 Å². The van der Waals surface area contributed by atoms with Crippen LogP contribution in [0.5, 0.6) is 11.5 Å². The third-order valence-corrected chi connectivity index (χ3v) is 6.06. The average molecular weight is 488 g/mol. The van der Waals surface area contributed by atoms with E-state index in [2.05, 4.69) is 25.2 Å². The summed E-state index contributed by atoms with van der Waals surface area (Å²) in [6.07, 6.45) is 2.43. The summed E-state index contributed by atoms with van der Waals surface area (Å²) in [5.74, 6) is 2.10. The van der Waals surface area contributed by atoms with E-state index in [9.17, 15) is 9.90 Å². The molecule has 0 aromatic heterocycles. The zero-order valence-electron chi connectivity index (χ0n) is 20.4. The SMILES string of the molecule is COCCCOc1cc(C[C@@H](C[C@H](N)[C@@H](O)CN2CCCNC2=O)C(C)C)ccc1OC.Cl. The maximum atomic E-state index is 12.0. The van der Waals surface area contributed by atoms with Gasteiger partial charge < -0.3 is 35.3 Å². The highest BCUT2D eigenvalue weighted by atomic mass is 35.5. The van der Waals surface area contributed by atoms with Crippen molar-refractivity contribution >= 4 is 18.4 Å². The third-order valence-electron chi connectivity index (χ3n) is 6.06. The van der Waals surface area contributed by atoms with E-state index in [0.717, 1.165) is 30.6 Å². The van der Waals surface area contributed by atoms with E-state index >= 15 is 0 Å². The lowest BCUT2D eigenvalue weighted by atomic mass is 9.83. The molecule has 2 rings (SSSR count). The van der Waals surface area contributed by atoms with Gasteiger partial charge in [-0.25, -0.2) is 4.79 Å². The zero-order chi connectivity index (χ0) is 23.5. The molecule has 0 unspecified atom stereocenters. The number of carbonyl (C=O) groups is 1. The van der Waals surface area contributed by atoms with Crippen molar-refractivity contribution in [2.45, 2.75) is 51.7 Å². The predicted molar refractivity (Wildman–Crippen MR) is 132 cm³/mol. The van der Waals surface area contributed by atoms with Gasteiger partial charge in [-0.05, 0) is 48.8 Å². The number of benzene rings is 1. The van der Waals surface area contributed by atoms with Crippen molar-refractivity contribution in [1.29, 1.82) is 0 Å². The predicted octanol–water partition coefficient (Wildman–Crippen LogP) is 2.84. The minimum absolute atomic E-state index is 0. The minimum atomic E-state index is -0.754. The van der Waals surface area contributed by atoms with Gasteiger partial charge in [0.15, 0.2) is 11.5 Å². The molecule has 9 heteroatoms. The first-order chi connectivity index (χ1) is 15.3. The first-order valence-electron chi connectivity index (χ1n) is 11.6. The first-order valence-corrected chi connectivity index (χ1v) is 11.6. The fourth-order valence-electron chi connectivity index (χ4n) is 3.96. The van der Waals surface area contributed by atoms with Crippen molar-refractivity contribution in [2.75, 3.05) is 47.1 Å². The summed E-state index contributed by atoms with van der Waals surface area (Å²) in [6.45, 7) is 7.16. The molecule has 0 bridgehead atoms. The summed E-state index contributed by atoms with van der Waals surface area (Å²) < 4.78 is 16.4. The summed E-state index contributed by atoms with van der Waals surface area (Å²) in [4.78, 5) is 13.6. The van der Waals surface area contributed by atoms with Crippen LogP contribution in [0.15, 0.2) is 18.2 Å². The Kier molecular flexibility index (Phi) is 13.5. The molecule has 1 aliphatic heterocycles. The molecular formula is C24H42ClN3O5. The molecule has 1 aliphatic rings. The highest BCUT2D eigenvalue weighted by Gasteiger charge is 2.27. The van der Waals surface area contributed by atoms with Crippen molar-refractivity contribution in [1.82, 2.24) is 10.2 Å². The second-order valence-electron chi connectivity index (χ2n) is 8.89. The molecule has 4 N–H and O–H groups in total. The lowest BCUT2D eigenvalue weighted by molar-refractivity contribution is 0.0848. The van der Waals surface area contributed by atoms with Gasteiger partial charge >= 0.3 is 6.03 Å². The second kappa shape index (κ2) is 15.2. The Hall–Kier alpha value is -1.74. The van der Waals surface area contributed by atoms with Crippen molar-refractivity contribution in [3.8, 4) is 11.5 Å². The number of aliphatic hydroxyl groups is 1. The van der Waals surface area contributed by atoms with E-state index in [-0.39, 0.29) is 30.9 Å². The third kappa shape index (κ3) is 9.57. The van der Waals surface area contributed by atoms with E-state index in [4.69, 9.17) is 19.9 Å². The molecular weight excluding hydrogens is 446 g/mol. The molecule has 1 fully saturated rings. The number of rotatable bonds is 14. The zero-order valence-corrected chi connectivity index (χ0v) is 21.2. The first kappa shape index (κ1) is 29.3. The van der Waals surface area contributed by atoms with Crippen molar-refractivity contribution in [2.24, 2.45) is 17.6 Å². The molecule has 1 aromatic carbocycles. The highest BCUT2D eigenvalue weighted by Crippen LogP contribution is 2.31. The summed E-state index contributed by atoms with van der Waals surface area (Å²) in [7, 11) is 3.31. The topological polar surface area (TPSA) is 106 Å². The number of halogens is 1. The van der Waals surface area contributed by atoms with Crippen LogP contribution in [-0.4, -0.2) is 75.3 Å². The molecule has 1 saturated heterocycles. The van der Waals surface area contributed by atoms with E-state index in [1.54, 1.807) is 19.1 Å². The van der Waals surface area contributed by atoms with Crippen molar-refractivity contribution in [3.63, 3.8) is 0 Å². The fourth-order valence-corrected chi connectivity index (χ4v) is 3.96. The van der Waals surface area contributed by atoms with Crippen LogP contribution in [0.2, 0.25) is 0 Å². The quantitative estimate of drug-likeness (QED) is 0.348.